The Morgan fingerprint density at radius 2 is 2.11 bits per heavy atom. The SMILES string of the molecule is O=C(O)CCCCCNc1ccc(I)cc1[N+](=O)[O-]. The van der Waals surface area contributed by atoms with E-state index in [1.54, 1.807) is 12.1 Å². The average molecular weight is 378 g/mol. The first-order chi connectivity index (χ1) is 9.00. The molecule has 0 aliphatic rings. The zero-order chi connectivity index (χ0) is 14.3. The summed E-state index contributed by atoms with van der Waals surface area (Å²) in [5, 5.41) is 22.4. The van der Waals surface area contributed by atoms with Gasteiger partial charge in [0.25, 0.3) is 5.69 Å². The van der Waals surface area contributed by atoms with Crippen LogP contribution < -0.4 is 5.32 Å². The van der Waals surface area contributed by atoms with Gasteiger partial charge in [-0.3, -0.25) is 14.9 Å². The molecule has 104 valence electrons. The number of carbonyl (C=O) groups is 1. The van der Waals surface area contributed by atoms with Crippen molar-refractivity contribution in [1.82, 2.24) is 0 Å². The summed E-state index contributed by atoms with van der Waals surface area (Å²) in [7, 11) is 0. The van der Waals surface area contributed by atoms with Gasteiger partial charge in [-0.2, -0.15) is 0 Å². The van der Waals surface area contributed by atoms with Crippen LogP contribution in [0.4, 0.5) is 11.4 Å². The summed E-state index contributed by atoms with van der Waals surface area (Å²) in [5.74, 6) is -0.791. The lowest BCUT2D eigenvalue weighted by Gasteiger charge is -2.07. The van der Waals surface area contributed by atoms with Crippen molar-refractivity contribution in [1.29, 1.82) is 0 Å². The van der Waals surface area contributed by atoms with Crippen molar-refractivity contribution in [2.24, 2.45) is 0 Å². The number of benzene rings is 1. The predicted octanol–water partition coefficient (Wildman–Crippen LogP) is 3.26. The van der Waals surface area contributed by atoms with Gasteiger partial charge in [0.1, 0.15) is 5.69 Å². The maximum absolute atomic E-state index is 10.9. The third-order valence-electron chi connectivity index (χ3n) is 2.54. The highest BCUT2D eigenvalue weighted by molar-refractivity contribution is 14.1. The summed E-state index contributed by atoms with van der Waals surface area (Å²) < 4.78 is 0.816. The number of nitro benzene ring substituents is 1. The van der Waals surface area contributed by atoms with E-state index in [0.29, 0.717) is 18.7 Å². The fourth-order valence-corrected chi connectivity index (χ4v) is 2.08. The second-order valence-corrected chi connectivity index (χ2v) is 5.30. The Kier molecular flexibility index (Phi) is 6.54. The molecule has 0 atom stereocenters. The normalized spacial score (nSPS) is 10.2. The van der Waals surface area contributed by atoms with Gasteiger partial charge in [-0.1, -0.05) is 6.42 Å². The maximum Gasteiger partial charge on any atom is 0.303 e. The molecule has 0 aromatic heterocycles. The highest BCUT2D eigenvalue weighted by Crippen LogP contribution is 2.26. The Labute approximate surface area is 124 Å². The summed E-state index contributed by atoms with van der Waals surface area (Å²) in [6, 6.07) is 5.02. The monoisotopic (exact) mass is 378 g/mol. The van der Waals surface area contributed by atoms with E-state index in [1.807, 2.05) is 22.6 Å². The molecule has 2 N–H and O–H groups in total. The van der Waals surface area contributed by atoms with Gasteiger partial charge in [0.2, 0.25) is 0 Å². The predicted molar refractivity (Wildman–Crippen MR) is 80.4 cm³/mol. The molecule has 0 bridgehead atoms. The summed E-state index contributed by atoms with van der Waals surface area (Å²) >= 11 is 2.03. The Morgan fingerprint density at radius 1 is 1.37 bits per heavy atom. The van der Waals surface area contributed by atoms with E-state index in [4.69, 9.17) is 5.11 Å². The lowest BCUT2D eigenvalue weighted by Crippen LogP contribution is -2.05. The number of hydrogen-bond acceptors (Lipinski definition) is 4. The minimum atomic E-state index is -0.791. The largest absolute Gasteiger partial charge is 0.481 e. The van der Waals surface area contributed by atoms with Crippen LogP contribution in [0.3, 0.4) is 0 Å². The highest BCUT2D eigenvalue weighted by Gasteiger charge is 2.13. The second-order valence-electron chi connectivity index (χ2n) is 4.05. The Balaban J connectivity index is 2.41. The van der Waals surface area contributed by atoms with Gasteiger partial charge in [-0.05, 0) is 47.6 Å². The Morgan fingerprint density at radius 3 is 2.74 bits per heavy atom. The lowest BCUT2D eigenvalue weighted by atomic mass is 10.2. The minimum Gasteiger partial charge on any atom is -0.481 e. The molecule has 7 heteroatoms. The summed E-state index contributed by atoms with van der Waals surface area (Å²) in [6.07, 6.45) is 2.38. The molecular weight excluding hydrogens is 363 g/mol. The van der Waals surface area contributed by atoms with E-state index in [1.165, 1.54) is 6.07 Å². The topological polar surface area (TPSA) is 92.5 Å². The molecule has 0 amide bonds. The number of rotatable bonds is 8. The van der Waals surface area contributed by atoms with Gasteiger partial charge in [-0.15, -0.1) is 0 Å². The molecule has 0 heterocycles. The minimum absolute atomic E-state index is 0.0671. The van der Waals surface area contributed by atoms with E-state index in [-0.39, 0.29) is 12.1 Å². The van der Waals surface area contributed by atoms with Crippen LogP contribution in [-0.4, -0.2) is 22.5 Å². The molecule has 6 nitrogen and oxygen atoms in total. The number of aliphatic carboxylic acids is 1. The maximum atomic E-state index is 10.9. The van der Waals surface area contributed by atoms with Gasteiger partial charge in [-0.25, -0.2) is 0 Å². The lowest BCUT2D eigenvalue weighted by molar-refractivity contribution is -0.384. The number of nitrogens with zero attached hydrogens (tertiary/aromatic N) is 1. The van der Waals surface area contributed by atoms with Crippen molar-refractivity contribution in [3.8, 4) is 0 Å². The highest BCUT2D eigenvalue weighted by atomic mass is 127. The van der Waals surface area contributed by atoms with Crippen molar-refractivity contribution in [3.63, 3.8) is 0 Å². The number of carboxylic acid groups (broad SMARTS) is 1. The second kappa shape index (κ2) is 7.93. The quantitative estimate of drug-likeness (QED) is 0.314. The number of hydrogen-bond donors (Lipinski definition) is 2. The van der Waals surface area contributed by atoms with Gasteiger partial charge in [0.05, 0.1) is 4.92 Å². The van der Waals surface area contributed by atoms with Gasteiger partial charge < -0.3 is 10.4 Å². The van der Waals surface area contributed by atoms with Crippen LogP contribution >= 0.6 is 22.6 Å². The molecule has 0 aliphatic carbocycles. The first-order valence-corrected chi connectivity index (χ1v) is 6.98. The van der Waals surface area contributed by atoms with E-state index in [0.717, 1.165) is 16.4 Å². The molecule has 0 fully saturated rings. The number of nitrogens with one attached hydrogen (secondary N) is 1. The summed E-state index contributed by atoms with van der Waals surface area (Å²) in [6.45, 7) is 0.598. The van der Waals surface area contributed by atoms with Gasteiger partial charge in [0, 0.05) is 22.6 Å². The van der Waals surface area contributed by atoms with E-state index >= 15 is 0 Å². The standard InChI is InChI=1S/C12H15IN2O4/c13-9-5-6-10(11(8-9)15(18)19)14-7-3-1-2-4-12(16)17/h5-6,8,14H,1-4,7H2,(H,16,17). The zero-order valence-electron chi connectivity index (χ0n) is 10.3. The van der Waals surface area contributed by atoms with Crippen LogP contribution in [0, 0.1) is 13.7 Å². The third-order valence-corrected chi connectivity index (χ3v) is 3.21. The fraction of sp³-hybridized carbons (Fsp3) is 0.417. The number of carboxylic acids is 1. The van der Waals surface area contributed by atoms with Crippen molar-refractivity contribution in [2.75, 3.05) is 11.9 Å². The number of unbranched alkanes of at least 4 members (excludes halogenated alkanes) is 2. The number of nitro groups is 1. The van der Waals surface area contributed by atoms with Crippen LogP contribution in [0.25, 0.3) is 0 Å². The molecule has 0 unspecified atom stereocenters. The van der Waals surface area contributed by atoms with Gasteiger partial charge >= 0.3 is 5.97 Å². The van der Waals surface area contributed by atoms with E-state index < -0.39 is 10.9 Å². The summed E-state index contributed by atoms with van der Waals surface area (Å²) in [5.41, 5.74) is 0.570. The molecule has 1 rings (SSSR count). The van der Waals surface area contributed by atoms with E-state index in [9.17, 15) is 14.9 Å². The molecule has 0 spiro atoms. The molecule has 0 saturated carbocycles. The van der Waals surface area contributed by atoms with Crippen molar-refractivity contribution in [3.05, 3.63) is 31.9 Å². The van der Waals surface area contributed by atoms with Gasteiger partial charge in [0.15, 0.2) is 0 Å². The van der Waals surface area contributed by atoms with Crippen molar-refractivity contribution < 1.29 is 14.8 Å². The molecule has 19 heavy (non-hydrogen) atoms. The number of halogens is 1. The Hall–Kier alpha value is -1.38. The van der Waals surface area contributed by atoms with Crippen LogP contribution in [-0.2, 0) is 4.79 Å². The van der Waals surface area contributed by atoms with Crippen molar-refractivity contribution >= 4 is 39.9 Å². The average Bonchev–Trinajstić information content (AvgIpc) is 2.34. The molecule has 0 aliphatic heterocycles. The first-order valence-electron chi connectivity index (χ1n) is 5.90. The molecule has 0 radical (unpaired) electrons. The third kappa shape index (κ3) is 5.86. The number of anilines is 1. The smallest absolute Gasteiger partial charge is 0.303 e. The molecule has 0 saturated heterocycles. The molecule has 1 aromatic rings. The van der Waals surface area contributed by atoms with E-state index in [2.05, 4.69) is 5.32 Å². The van der Waals surface area contributed by atoms with Crippen LogP contribution in [0.5, 0.6) is 0 Å². The van der Waals surface area contributed by atoms with Crippen LogP contribution in [0.15, 0.2) is 18.2 Å². The van der Waals surface area contributed by atoms with Crippen molar-refractivity contribution in [2.45, 2.75) is 25.7 Å². The fourth-order valence-electron chi connectivity index (χ4n) is 1.61. The van der Waals surface area contributed by atoms with Crippen LogP contribution in [0.2, 0.25) is 0 Å². The zero-order valence-corrected chi connectivity index (χ0v) is 12.4. The Bertz CT molecular complexity index is 465. The summed E-state index contributed by atoms with van der Waals surface area (Å²) in [4.78, 5) is 20.8. The molecule has 1 aromatic carbocycles. The first kappa shape index (κ1) is 15.7. The van der Waals surface area contributed by atoms with Crippen LogP contribution in [0.1, 0.15) is 25.7 Å². The molecular formula is C12H15IN2O4.